The molecule has 1 rings (SSSR count). The molecule has 0 fully saturated rings. The van der Waals surface area contributed by atoms with Crippen molar-refractivity contribution in [3.05, 3.63) is 34.9 Å². The van der Waals surface area contributed by atoms with Gasteiger partial charge in [-0.25, -0.2) is 4.79 Å². The van der Waals surface area contributed by atoms with E-state index in [1.165, 1.54) is 12.7 Å². The van der Waals surface area contributed by atoms with Crippen molar-refractivity contribution in [2.45, 2.75) is 39.2 Å². The number of hydrogen-bond acceptors (Lipinski definition) is 3. The number of nitrogens with one attached hydrogen (secondary N) is 1. The van der Waals surface area contributed by atoms with Gasteiger partial charge in [0, 0.05) is 0 Å². The summed E-state index contributed by atoms with van der Waals surface area (Å²) in [6.07, 6.45) is 0. The summed E-state index contributed by atoms with van der Waals surface area (Å²) in [6.45, 7) is 8.49. The van der Waals surface area contributed by atoms with Crippen LogP contribution >= 0.6 is 0 Å². The number of carbonyl (C=O) groups is 1. The molecule has 0 amide bonds. The molecule has 1 aromatic rings. The molecule has 18 heavy (non-hydrogen) atoms. The summed E-state index contributed by atoms with van der Waals surface area (Å²) in [5.74, 6) is -0.258. The first-order valence-corrected chi connectivity index (χ1v) is 6.17. The van der Waals surface area contributed by atoms with Crippen molar-refractivity contribution < 1.29 is 9.53 Å². The molecule has 100 valence electrons. The molecular weight excluding hydrogens is 226 g/mol. The van der Waals surface area contributed by atoms with E-state index in [9.17, 15) is 4.79 Å². The number of ether oxygens (including phenoxy) is 1. The Morgan fingerprint density at radius 3 is 2.39 bits per heavy atom. The van der Waals surface area contributed by atoms with Crippen LogP contribution in [0, 0.1) is 6.92 Å². The topological polar surface area (TPSA) is 38.3 Å². The van der Waals surface area contributed by atoms with Crippen LogP contribution in [0.15, 0.2) is 18.2 Å². The Bertz CT molecular complexity index is 433. The summed E-state index contributed by atoms with van der Waals surface area (Å²) >= 11 is 0. The molecule has 0 bridgehead atoms. The van der Waals surface area contributed by atoms with Crippen molar-refractivity contribution in [1.82, 2.24) is 5.32 Å². The number of rotatable bonds is 3. The molecule has 0 heterocycles. The van der Waals surface area contributed by atoms with Gasteiger partial charge in [-0.05, 0) is 36.1 Å². The van der Waals surface area contributed by atoms with Crippen molar-refractivity contribution >= 4 is 5.97 Å². The molecule has 0 spiro atoms. The molecular formula is C15H23NO2. The zero-order chi connectivity index (χ0) is 13.9. The molecule has 0 aromatic heterocycles. The normalized spacial score (nSPS) is 13.2. The number of esters is 1. The first-order valence-electron chi connectivity index (χ1n) is 6.17. The summed E-state index contributed by atoms with van der Waals surface area (Å²) in [6, 6.07) is 5.86. The van der Waals surface area contributed by atoms with Crippen LogP contribution < -0.4 is 5.32 Å². The van der Waals surface area contributed by atoms with Gasteiger partial charge in [-0.1, -0.05) is 39.0 Å². The maximum Gasteiger partial charge on any atom is 0.327 e. The molecule has 0 aliphatic carbocycles. The summed E-state index contributed by atoms with van der Waals surface area (Å²) < 4.78 is 4.84. The monoisotopic (exact) mass is 249 g/mol. The highest BCUT2D eigenvalue weighted by molar-refractivity contribution is 5.78. The highest BCUT2D eigenvalue weighted by Crippen LogP contribution is 2.27. The van der Waals surface area contributed by atoms with Crippen LogP contribution in [0.2, 0.25) is 0 Å². The van der Waals surface area contributed by atoms with Crippen LogP contribution in [-0.4, -0.2) is 20.1 Å². The summed E-state index contributed by atoms with van der Waals surface area (Å²) in [5, 5.41) is 3.01. The maximum absolute atomic E-state index is 11.8. The van der Waals surface area contributed by atoms with Crippen LogP contribution in [-0.2, 0) is 14.9 Å². The van der Waals surface area contributed by atoms with E-state index in [0.29, 0.717) is 0 Å². The SMILES string of the molecule is CNC(C(=O)OC)c1cc(C(C)(C)C)ccc1C. The van der Waals surface area contributed by atoms with Crippen molar-refractivity contribution in [1.29, 1.82) is 0 Å². The molecule has 3 nitrogen and oxygen atoms in total. The Morgan fingerprint density at radius 1 is 1.33 bits per heavy atom. The molecule has 0 aliphatic heterocycles. The lowest BCUT2D eigenvalue weighted by Gasteiger charge is -2.23. The Kier molecular flexibility index (Phi) is 4.52. The fourth-order valence-corrected chi connectivity index (χ4v) is 1.94. The third-order valence-electron chi connectivity index (χ3n) is 3.18. The number of likely N-dealkylation sites (N-methyl/N-ethyl adjacent to an activating group) is 1. The van der Waals surface area contributed by atoms with Gasteiger partial charge in [0.05, 0.1) is 7.11 Å². The fourth-order valence-electron chi connectivity index (χ4n) is 1.94. The molecule has 1 aromatic carbocycles. The van der Waals surface area contributed by atoms with Crippen molar-refractivity contribution in [3.63, 3.8) is 0 Å². The minimum atomic E-state index is -0.405. The van der Waals surface area contributed by atoms with Gasteiger partial charge in [0.25, 0.3) is 0 Å². The maximum atomic E-state index is 11.8. The van der Waals surface area contributed by atoms with Crippen LogP contribution in [0.3, 0.4) is 0 Å². The van der Waals surface area contributed by atoms with E-state index in [0.717, 1.165) is 11.1 Å². The highest BCUT2D eigenvalue weighted by atomic mass is 16.5. The van der Waals surface area contributed by atoms with Gasteiger partial charge in [-0.3, -0.25) is 0 Å². The van der Waals surface area contributed by atoms with Crippen LogP contribution in [0.25, 0.3) is 0 Å². The molecule has 0 saturated heterocycles. The summed E-state index contributed by atoms with van der Waals surface area (Å²) in [4.78, 5) is 11.8. The average molecular weight is 249 g/mol. The molecule has 0 saturated carbocycles. The minimum Gasteiger partial charge on any atom is -0.468 e. The molecule has 1 unspecified atom stereocenters. The predicted octanol–water partition coefficient (Wildman–Crippen LogP) is 2.73. The Hall–Kier alpha value is -1.35. The second-order valence-electron chi connectivity index (χ2n) is 5.57. The molecule has 3 heteroatoms. The first kappa shape index (κ1) is 14.7. The number of benzene rings is 1. The third kappa shape index (κ3) is 3.10. The summed E-state index contributed by atoms with van der Waals surface area (Å²) in [7, 11) is 3.18. The number of carbonyl (C=O) groups excluding carboxylic acids is 1. The third-order valence-corrected chi connectivity index (χ3v) is 3.18. The number of hydrogen-bond donors (Lipinski definition) is 1. The van der Waals surface area contributed by atoms with E-state index < -0.39 is 6.04 Å². The predicted molar refractivity (Wildman–Crippen MR) is 73.7 cm³/mol. The Morgan fingerprint density at radius 2 is 1.94 bits per heavy atom. The zero-order valence-electron chi connectivity index (χ0n) is 12.1. The van der Waals surface area contributed by atoms with E-state index in [2.05, 4.69) is 44.3 Å². The number of methoxy groups -OCH3 is 1. The highest BCUT2D eigenvalue weighted by Gasteiger charge is 2.23. The second kappa shape index (κ2) is 5.53. The van der Waals surface area contributed by atoms with E-state index in [1.54, 1.807) is 7.05 Å². The lowest BCUT2D eigenvalue weighted by molar-refractivity contribution is -0.143. The second-order valence-corrected chi connectivity index (χ2v) is 5.57. The van der Waals surface area contributed by atoms with Gasteiger partial charge in [0.15, 0.2) is 0 Å². The van der Waals surface area contributed by atoms with Gasteiger partial charge in [0.1, 0.15) is 6.04 Å². The van der Waals surface area contributed by atoms with Crippen molar-refractivity contribution in [2.24, 2.45) is 0 Å². The average Bonchev–Trinajstić information content (AvgIpc) is 2.30. The van der Waals surface area contributed by atoms with Gasteiger partial charge in [-0.15, -0.1) is 0 Å². The first-order chi connectivity index (χ1) is 8.31. The van der Waals surface area contributed by atoms with Gasteiger partial charge in [0.2, 0.25) is 0 Å². The van der Waals surface area contributed by atoms with E-state index in [1.807, 2.05) is 6.92 Å². The fraction of sp³-hybridized carbons (Fsp3) is 0.533. The number of aryl methyl sites for hydroxylation is 1. The van der Waals surface area contributed by atoms with Gasteiger partial charge >= 0.3 is 5.97 Å². The Balaban J connectivity index is 3.26. The lowest BCUT2D eigenvalue weighted by atomic mass is 9.84. The van der Waals surface area contributed by atoms with Crippen LogP contribution in [0.5, 0.6) is 0 Å². The van der Waals surface area contributed by atoms with Crippen LogP contribution in [0.1, 0.15) is 43.5 Å². The molecule has 0 aliphatic rings. The van der Waals surface area contributed by atoms with Crippen LogP contribution in [0.4, 0.5) is 0 Å². The smallest absolute Gasteiger partial charge is 0.327 e. The zero-order valence-corrected chi connectivity index (χ0v) is 12.1. The molecule has 1 atom stereocenters. The molecule has 0 radical (unpaired) electrons. The quantitative estimate of drug-likeness (QED) is 0.837. The van der Waals surface area contributed by atoms with Crippen molar-refractivity contribution in [2.75, 3.05) is 14.2 Å². The minimum absolute atomic E-state index is 0.0663. The standard InChI is InChI=1S/C15H23NO2/c1-10-7-8-11(15(2,3)4)9-12(10)13(16-5)14(17)18-6/h7-9,13,16H,1-6H3. The Labute approximate surface area is 110 Å². The van der Waals surface area contributed by atoms with E-state index >= 15 is 0 Å². The van der Waals surface area contributed by atoms with Gasteiger partial charge < -0.3 is 10.1 Å². The largest absolute Gasteiger partial charge is 0.468 e. The van der Waals surface area contributed by atoms with E-state index in [-0.39, 0.29) is 11.4 Å². The molecule has 1 N–H and O–H groups in total. The van der Waals surface area contributed by atoms with E-state index in [4.69, 9.17) is 4.74 Å². The van der Waals surface area contributed by atoms with Crippen molar-refractivity contribution in [3.8, 4) is 0 Å². The van der Waals surface area contributed by atoms with Gasteiger partial charge in [-0.2, -0.15) is 0 Å². The lowest BCUT2D eigenvalue weighted by Crippen LogP contribution is -2.27. The summed E-state index contributed by atoms with van der Waals surface area (Å²) in [5.41, 5.74) is 3.36.